The van der Waals surface area contributed by atoms with E-state index in [-0.39, 0.29) is 11.9 Å². The van der Waals surface area contributed by atoms with Gasteiger partial charge in [0.1, 0.15) is 5.82 Å². The van der Waals surface area contributed by atoms with Gasteiger partial charge < -0.3 is 14.4 Å². The topological polar surface area (TPSA) is 24.3 Å². The Morgan fingerprint density at radius 1 is 0.806 bits per heavy atom. The molecule has 2 saturated heterocycles. The number of halogens is 1. The Balaban J connectivity index is 1.17. The molecule has 4 heterocycles. The lowest BCUT2D eigenvalue weighted by atomic mass is 9.85. The molecule has 3 aliphatic heterocycles. The highest BCUT2D eigenvalue weighted by Crippen LogP contribution is 2.47. The molecule has 0 bridgehead atoms. The van der Waals surface area contributed by atoms with Gasteiger partial charge in [-0.15, -0.1) is 0 Å². The summed E-state index contributed by atoms with van der Waals surface area (Å²) in [6.45, 7) is 4.39. The van der Waals surface area contributed by atoms with Crippen LogP contribution in [-0.4, -0.2) is 35.7 Å². The van der Waals surface area contributed by atoms with Crippen molar-refractivity contribution in [3.05, 3.63) is 66.4 Å². The van der Waals surface area contributed by atoms with Gasteiger partial charge in [-0.05, 0) is 68.4 Å². The molecule has 1 unspecified atom stereocenters. The maximum absolute atomic E-state index is 14.8. The average Bonchev–Trinajstić information content (AvgIpc) is 3.42. The van der Waals surface area contributed by atoms with Crippen LogP contribution in [0.15, 0.2) is 55.0 Å². The maximum Gasteiger partial charge on any atom is 0.129 e. The van der Waals surface area contributed by atoms with Crippen LogP contribution in [0.4, 0.5) is 15.8 Å². The fraction of sp³-hybridized carbons (Fsp3) is 0.423. The molecular formula is C26H29FN4. The zero-order chi connectivity index (χ0) is 20.8. The Labute approximate surface area is 183 Å². The van der Waals surface area contributed by atoms with Crippen LogP contribution in [0.5, 0.6) is 0 Å². The second-order valence-electron chi connectivity index (χ2n) is 9.22. The number of nitrogens with zero attached hydrogens (tertiary/aromatic N) is 4. The second kappa shape index (κ2) is 7.70. The number of imidazole rings is 1. The van der Waals surface area contributed by atoms with Crippen molar-refractivity contribution in [2.75, 3.05) is 36.0 Å². The standard InChI is InChI=1S/C26H29FN4/c27-23-6-4-5-22-24-17-28-18-31(24)26(25(22)23)19-11-15-30(16-12-19)21-9-7-20(8-10-21)29-13-2-1-3-14-29/h4-10,17-19,26H,1-3,11-16H2. The first-order valence-electron chi connectivity index (χ1n) is 11.7. The zero-order valence-electron chi connectivity index (χ0n) is 17.9. The Morgan fingerprint density at radius 3 is 2.19 bits per heavy atom. The van der Waals surface area contributed by atoms with Gasteiger partial charge in [0.25, 0.3) is 0 Å². The van der Waals surface area contributed by atoms with Gasteiger partial charge in [-0.1, -0.05) is 12.1 Å². The molecule has 1 atom stereocenters. The lowest BCUT2D eigenvalue weighted by Gasteiger charge is -2.37. The van der Waals surface area contributed by atoms with E-state index < -0.39 is 0 Å². The van der Waals surface area contributed by atoms with Gasteiger partial charge in [-0.25, -0.2) is 9.37 Å². The summed E-state index contributed by atoms with van der Waals surface area (Å²) in [7, 11) is 0. The van der Waals surface area contributed by atoms with Gasteiger partial charge in [0.2, 0.25) is 0 Å². The summed E-state index contributed by atoms with van der Waals surface area (Å²) in [6.07, 6.45) is 9.84. The summed E-state index contributed by atoms with van der Waals surface area (Å²) >= 11 is 0. The van der Waals surface area contributed by atoms with Crippen molar-refractivity contribution in [3.8, 4) is 11.3 Å². The minimum Gasteiger partial charge on any atom is -0.372 e. The van der Waals surface area contributed by atoms with Crippen LogP contribution >= 0.6 is 0 Å². The number of anilines is 2. The highest BCUT2D eigenvalue weighted by Gasteiger charge is 2.37. The number of fused-ring (bicyclic) bond motifs is 3. The van der Waals surface area contributed by atoms with E-state index in [1.54, 1.807) is 6.07 Å². The molecule has 5 heteroatoms. The van der Waals surface area contributed by atoms with Gasteiger partial charge in [0.05, 0.1) is 24.3 Å². The molecule has 0 N–H and O–H groups in total. The summed E-state index contributed by atoms with van der Waals surface area (Å²) < 4.78 is 17.0. The molecule has 4 nitrogen and oxygen atoms in total. The number of piperidine rings is 2. The molecule has 1 aromatic heterocycles. The average molecular weight is 417 g/mol. The van der Waals surface area contributed by atoms with Crippen LogP contribution < -0.4 is 9.80 Å². The van der Waals surface area contributed by atoms with E-state index in [4.69, 9.17) is 0 Å². The largest absolute Gasteiger partial charge is 0.372 e. The minimum absolute atomic E-state index is 0.0670. The van der Waals surface area contributed by atoms with Crippen molar-refractivity contribution in [3.63, 3.8) is 0 Å². The highest BCUT2D eigenvalue weighted by molar-refractivity contribution is 5.69. The number of rotatable bonds is 3. The monoisotopic (exact) mass is 416 g/mol. The Hall–Kier alpha value is -2.82. The molecular weight excluding hydrogens is 387 g/mol. The maximum atomic E-state index is 14.8. The lowest BCUT2D eigenvalue weighted by molar-refractivity contribution is 0.312. The molecule has 0 amide bonds. The normalized spacial score (nSPS) is 21.3. The van der Waals surface area contributed by atoms with E-state index in [0.29, 0.717) is 5.92 Å². The van der Waals surface area contributed by atoms with Crippen LogP contribution in [0, 0.1) is 11.7 Å². The molecule has 31 heavy (non-hydrogen) atoms. The van der Waals surface area contributed by atoms with Crippen molar-refractivity contribution < 1.29 is 4.39 Å². The molecule has 160 valence electrons. The molecule has 2 aromatic carbocycles. The Kier molecular flexibility index (Phi) is 4.70. The van der Waals surface area contributed by atoms with E-state index in [9.17, 15) is 4.39 Å². The summed E-state index contributed by atoms with van der Waals surface area (Å²) in [4.78, 5) is 9.35. The third kappa shape index (κ3) is 3.22. The first-order valence-corrected chi connectivity index (χ1v) is 11.7. The molecule has 3 aromatic rings. The first-order chi connectivity index (χ1) is 15.3. The third-order valence-electron chi connectivity index (χ3n) is 7.51. The first kappa shape index (κ1) is 18.9. The van der Waals surface area contributed by atoms with Gasteiger partial charge in [-0.2, -0.15) is 0 Å². The number of benzene rings is 2. The Bertz CT molecular complexity index is 1060. The van der Waals surface area contributed by atoms with Crippen LogP contribution in [-0.2, 0) is 0 Å². The van der Waals surface area contributed by atoms with E-state index in [1.165, 1.54) is 43.7 Å². The van der Waals surface area contributed by atoms with E-state index in [2.05, 4.69) is 43.6 Å². The molecule has 6 rings (SSSR count). The van der Waals surface area contributed by atoms with Crippen LogP contribution in [0.25, 0.3) is 11.3 Å². The van der Waals surface area contributed by atoms with Crippen molar-refractivity contribution in [2.24, 2.45) is 5.92 Å². The second-order valence-corrected chi connectivity index (χ2v) is 9.22. The smallest absolute Gasteiger partial charge is 0.129 e. The van der Waals surface area contributed by atoms with E-state index in [1.807, 2.05) is 24.7 Å². The molecule has 0 spiro atoms. The summed E-state index contributed by atoms with van der Waals surface area (Å²) in [5, 5.41) is 0. The quantitative estimate of drug-likeness (QED) is 0.564. The van der Waals surface area contributed by atoms with Gasteiger partial charge >= 0.3 is 0 Å². The predicted octanol–water partition coefficient (Wildman–Crippen LogP) is 5.50. The van der Waals surface area contributed by atoms with Crippen molar-refractivity contribution >= 4 is 11.4 Å². The lowest BCUT2D eigenvalue weighted by Crippen LogP contribution is -2.36. The zero-order valence-corrected chi connectivity index (χ0v) is 17.9. The van der Waals surface area contributed by atoms with Gasteiger partial charge in [-0.3, -0.25) is 0 Å². The van der Waals surface area contributed by atoms with Crippen molar-refractivity contribution in [1.29, 1.82) is 0 Å². The van der Waals surface area contributed by atoms with Crippen LogP contribution in [0.1, 0.15) is 43.7 Å². The predicted molar refractivity (Wildman–Crippen MR) is 123 cm³/mol. The molecule has 0 radical (unpaired) electrons. The number of hydrogen-bond acceptors (Lipinski definition) is 3. The molecule has 3 aliphatic rings. The van der Waals surface area contributed by atoms with Crippen molar-refractivity contribution in [1.82, 2.24) is 9.55 Å². The molecule has 2 fully saturated rings. The van der Waals surface area contributed by atoms with Crippen molar-refractivity contribution in [2.45, 2.75) is 38.1 Å². The van der Waals surface area contributed by atoms with Gasteiger partial charge in [0.15, 0.2) is 0 Å². The fourth-order valence-corrected chi connectivity index (χ4v) is 5.90. The third-order valence-corrected chi connectivity index (χ3v) is 7.51. The van der Waals surface area contributed by atoms with E-state index in [0.717, 1.165) is 42.8 Å². The fourth-order valence-electron chi connectivity index (χ4n) is 5.90. The van der Waals surface area contributed by atoms with Crippen LogP contribution in [0.2, 0.25) is 0 Å². The highest BCUT2D eigenvalue weighted by atomic mass is 19.1. The minimum atomic E-state index is -0.0815. The molecule has 0 saturated carbocycles. The summed E-state index contributed by atoms with van der Waals surface area (Å²) in [5.41, 5.74) is 5.59. The van der Waals surface area contributed by atoms with Crippen LogP contribution in [0.3, 0.4) is 0 Å². The Morgan fingerprint density at radius 2 is 1.48 bits per heavy atom. The van der Waals surface area contributed by atoms with Gasteiger partial charge in [0, 0.05) is 48.7 Å². The number of hydrogen-bond donors (Lipinski definition) is 0. The molecule has 0 aliphatic carbocycles. The van der Waals surface area contributed by atoms with E-state index >= 15 is 0 Å². The summed E-state index contributed by atoms with van der Waals surface area (Å²) in [5.74, 6) is 0.344. The number of aromatic nitrogens is 2. The summed E-state index contributed by atoms with van der Waals surface area (Å²) in [6, 6.07) is 14.6. The SMILES string of the molecule is Fc1cccc2c1C(C1CCN(c3ccc(N4CCCCC4)cc3)CC1)n1cncc1-2.